The summed E-state index contributed by atoms with van der Waals surface area (Å²) in [5, 5.41) is 2.82. The quantitative estimate of drug-likeness (QED) is 0.761. The largest absolute Gasteiger partial charge is 0.339 e. The summed E-state index contributed by atoms with van der Waals surface area (Å²) in [5.74, 6) is -0.522. The van der Waals surface area contributed by atoms with Crippen molar-refractivity contribution in [2.24, 2.45) is 5.92 Å². The van der Waals surface area contributed by atoms with Crippen molar-refractivity contribution in [2.75, 3.05) is 26.0 Å². The van der Waals surface area contributed by atoms with Crippen LogP contribution in [-0.2, 0) is 16.1 Å². The molecule has 1 atom stereocenters. The number of hydrogen-bond acceptors (Lipinski definition) is 4. The Morgan fingerprint density at radius 2 is 1.76 bits per heavy atom. The highest BCUT2D eigenvalue weighted by Crippen LogP contribution is 2.25. The van der Waals surface area contributed by atoms with Crippen LogP contribution >= 0.6 is 11.8 Å². The molecule has 0 aromatic heterocycles. The fourth-order valence-corrected chi connectivity index (χ4v) is 3.71. The van der Waals surface area contributed by atoms with E-state index in [2.05, 4.69) is 5.32 Å². The Hall–Kier alpha value is -2.80. The minimum Gasteiger partial charge on any atom is -0.339 e. The highest BCUT2D eigenvalue weighted by atomic mass is 32.2. The smallest absolute Gasteiger partial charge is 0.285 e. The summed E-state index contributed by atoms with van der Waals surface area (Å²) in [5.41, 5.74) is 2.89. The number of carbonyl (C=O) groups excluding carboxylic acids is 3. The summed E-state index contributed by atoms with van der Waals surface area (Å²) in [6, 6.07) is 15.2. The molecule has 0 bridgehead atoms. The van der Waals surface area contributed by atoms with E-state index < -0.39 is 0 Å². The normalized spacial score (nSPS) is 16.0. The molecule has 3 rings (SSSR count). The minimum absolute atomic E-state index is 0.000305. The maximum atomic E-state index is 12.6. The third kappa shape index (κ3) is 5.60. The van der Waals surface area contributed by atoms with Gasteiger partial charge in [0.05, 0.1) is 5.92 Å². The van der Waals surface area contributed by atoms with Crippen molar-refractivity contribution >= 4 is 34.5 Å². The van der Waals surface area contributed by atoms with E-state index in [9.17, 15) is 14.4 Å². The molecule has 7 heteroatoms. The average Bonchev–Trinajstić information content (AvgIpc) is 3.05. The molecule has 1 heterocycles. The van der Waals surface area contributed by atoms with Gasteiger partial charge in [-0.1, -0.05) is 29.8 Å². The van der Waals surface area contributed by atoms with Crippen LogP contribution in [0.5, 0.6) is 0 Å². The zero-order valence-electron chi connectivity index (χ0n) is 16.8. The molecule has 6 nitrogen and oxygen atoms in total. The van der Waals surface area contributed by atoms with Crippen LogP contribution in [0.2, 0.25) is 0 Å². The molecule has 1 aliphatic rings. The lowest BCUT2D eigenvalue weighted by Gasteiger charge is -2.17. The van der Waals surface area contributed by atoms with Crippen LogP contribution < -0.4 is 5.32 Å². The fraction of sp³-hybridized carbons (Fsp3) is 0.318. The first-order valence-corrected chi connectivity index (χ1v) is 10.3. The van der Waals surface area contributed by atoms with Crippen molar-refractivity contribution < 1.29 is 14.4 Å². The van der Waals surface area contributed by atoms with Gasteiger partial charge in [0, 0.05) is 44.2 Å². The highest BCUT2D eigenvalue weighted by molar-refractivity contribution is 8.13. The van der Waals surface area contributed by atoms with Crippen molar-refractivity contribution in [2.45, 2.75) is 24.8 Å². The number of carbonyl (C=O) groups is 3. The molecule has 0 saturated carbocycles. The Kier molecular flexibility index (Phi) is 6.59. The number of rotatable bonds is 5. The predicted molar refractivity (Wildman–Crippen MR) is 115 cm³/mol. The molecule has 0 spiro atoms. The highest BCUT2D eigenvalue weighted by Gasteiger charge is 2.34. The number of amides is 3. The standard InChI is InChI=1S/C22H25N3O3S/c1-15-4-6-16(7-5-15)13-25-14-17(12-20(25)26)21(27)23-18-8-10-19(11-9-18)29-22(28)24(2)3/h4-11,17H,12-14H2,1-3H3,(H,23,27). The van der Waals surface area contributed by atoms with Gasteiger partial charge in [0.2, 0.25) is 11.8 Å². The van der Waals surface area contributed by atoms with Crippen LogP contribution in [0.15, 0.2) is 53.4 Å². The van der Waals surface area contributed by atoms with Gasteiger partial charge >= 0.3 is 0 Å². The lowest BCUT2D eigenvalue weighted by atomic mass is 10.1. The SMILES string of the molecule is Cc1ccc(CN2CC(C(=O)Nc3ccc(SC(=O)N(C)C)cc3)CC2=O)cc1. The monoisotopic (exact) mass is 411 g/mol. The molecule has 1 fully saturated rings. The van der Waals surface area contributed by atoms with Gasteiger partial charge in [-0.2, -0.15) is 0 Å². The van der Waals surface area contributed by atoms with Gasteiger partial charge in [0.15, 0.2) is 0 Å². The van der Waals surface area contributed by atoms with Gasteiger partial charge in [0.25, 0.3) is 5.24 Å². The van der Waals surface area contributed by atoms with Crippen molar-refractivity contribution in [3.8, 4) is 0 Å². The minimum atomic E-state index is -0.364. The zero-order valence-corrected chi connectivity index (χ0v) is 17.7. The Labute approximate surface area is 175 Å². The van der Waals surface area contributed by atoms with Crippen molar-refractivity contribution in [3.05, 3.63) is 59.7 Å². The third-order valence-electron chi connectivity index (χ3n) is 4.77. The first-order valence-electron chi connectivity index (χ1n) is 9.45. The topological polar surface area (TPSA) is 69.7 Å². The van der Waals surface area contributed by atoms with E-state index in [0.717, 1.165) is 22.2 Å². The lowest BCUT2D eigenvalue weighted by Crippen LogP contribution is -2.28. The second kappa shape index (κ2) is 9.13. The second-order valence-corrected chi connectivity index (χ2v) is 8.46. The number of aryl methyl sites for hydroxylation is 1. The Morgan fingerprint density at radius 1 is 1.10 bits per heavy atom. The maximum Gasteiger partial charge on any atom is 0.285 e. The number of nitrogens with zero attached hydrogens (tertiary/aromatic N) is 2. The summed E-state index contributed by atoms with van der Waals surface area (Å²) >= 11 is 1.13. The van der Waals surface area contributed by atoms with Crippen LogP contribution in [0.25, 0.3) is 0 Å². The van der Waals surface area contributed by atoms with Crippen LogP contribution in [0, 0.1) is 12.8 Å². The van der Waals surface area contributed by atoms with E-state index >= 15 is 0 Å². The summed E-state index contributed by atoms with van der Waals surface area (Å²) in [6.07, 6.45) is 0.225. The average molecular weight is 412 g/mol. The first-order chi connectivity index (χ1) is 13.8. The van der Waals surface area contributed by atoms with E-state index in [1.165, 1.54) is 10.5 Å². The van der Waals surface area contributed by atoms with Crippen LogP contribution in [-0.4, -0.2) is 47.5 Å². The lowest BCUT2D eigenvalue weighted by molar-refractivity contribution is -0.128. The summed E-state index contributed by atoms with van der Waals surface area (Å²) in [6.45, 7) is 2.97. The van der Waals surface area contributed by atoms with Gasteiger partial charge in [-0.25, -0.2) is 0 Å². The maximum absolute atomic E-state index is 12.6. The molecule has 0 aliphatic carbocycles. The van der Waals surface area contributed by atoms with Gasteiger partial charge in [0.1, 0.15) is 0 Å². The number of hydrogen-bond donors (Lipinski definition) is 1. The predicted octanol–water partition coefficient (Wildman–Crippen LogP) is 3.76. The van der Waals surface area contributed by atoms with E-state index in [-0.39, 0.29) is 29.4 Å². The molecule has 1 N–H and O–H groups in total. The van der Waals surface area contributed by atoms with Crippen molar-refractivity contribution in [1.29, 1.82) is 0 Å². The number of thioether (sulfide) groups is 1. The van der Waals surface area contributed by atoms with Gasteiger partial charge in [-0.15, -0.1) is 0 Å². The molecule has 1 saturated heterocycles. The van der Waals surface area contributed by atoms with Crippen molar-refractivity contribution in [1.82, 2.24) is 9.80 Å². The fourth-order valence-electron chi connectivity index (χ4n) is 3.06. The number of likely N-dealkylation sites (tertiary alicyclic amines) is 1. The first kappa shape index (κ1) is 20.9. The summed E-state index contributed by atoms with van der Waals surface area (Å²) in [7, 11) is 3.41. The molecule has 2 aromatic rings. The molecule has 1 aliphatic heterocycles. The van der Waals surface area contributed by atoms with Gasteiger partial charge in [-0.3, -0.25) is 14.4 Å². The molecule has 1 unspecified atom stereocenters. The van der Waals surface area contributed by atoms with E-state index in [4.69, 9.17) is 0 Å². The Balaban J connectivity index is 1.55. The Morgan fingerprint density at radius 3 is 2.38 bits per heavy atom. The molecule has 2 aromatic carbocycles. The molecule has 3 amide bonds. The van der Waals surface area contributed by atoms with Crippen LogP contribution in [0.4, 0.5) is 10.5 Å². The van der Waals surface area contributed by atoms with Crippen LogP contribution in [0.1, 0.15) is 17.5 Å². The number of benzene rings is 2. The molecule has 152 valence electrons. The van der Waals surface area contributed by atoms with E-state index in [0.29, 0.717) is 18.8 Å². The second-order valence-electron chi connectivity index (χ2n) is 7.44. The van der Waals surface area contributed by atoms with Crippen LogP contribution in [0.3, 0.4) is 0 Å². The molecule has 0 radical (unpaired) electrons. The van der Waals surface area contributed by atoms with Crippen molar-refractivity contribution in [3.63, 3.8) is 0 Å². The third-order valence-corrected chi connectivity index (χ3v) is 5.82. The zero-order chi connectivity index (χ0) is 21.0. The van der Waals surface area contributed by atoms with Gasteiger partial charge in [-0.05, 0) is 48.5 Å². The number of anilines is 1. The number of nitrogens with one attached hydrogen (secondary N) is 1. The summed E-state index contributed by atoms with van der Waals surface area (Å²) in [4.78, 5) is 40.7. The van der Waals surface area contributed by atoms with E-state index in [1.807, 2.05) is 31.2 Å². The molecule has 29 heavy (non-hydrogen) atoms. The summed E-state index contributed by atoms with van der Waals surface area (Å²) < 4.78 is 0. The molecular weight excluding hydrogens is 386 g/mol. The van der Waals surface area contributed by atoms with Gasteiger partial charge < -0.3 is 15.1 Å². The van der Waals surface area contributed by atoms with E-state index in [1.54, 1.807) is 43.3 Å². The Bertz CT molecular complexity index is 895. The molecular formula is C22H25N3O3S.